The lowest BCUT2D eigenvalue weighted by molar-refractivity contribution is 0.0948. The highest BCUT2D eigenvalue weighted by Gasteiger charge is 2.11. The summed E-state index contributed by atoms with van der Waals surface area (Å²) in [6.07, 6.45) is 4.49. The summed E-state index contributed by atoms with van der Waals surface area (Å²) in [6, 6.07) is 19.5. The molecule has 0 bridgehead atoms. The summed E-state index contributed by atoms with van der Waals surface area (Å²) in [6.45, 7) is 2.77. The topological polar surface area (TPSA) is 72.2 Å². The lowest BCUT2D eigenvalue weighted by Crippen LogP contribution is -2.29. The Bertz CT molecular complexity index is 1070. The molecular formula is C22H21N5O. The largest absolute Gasteiger partial charge is 0.352 e. The van der Waals surface area contributed by atoms with E-state index in [1.165, 1.54) is 5.56 Å². The Morgan fingerprint density at radius 2 is 1.82 bits per heavy atom. The number of benzene rings is 2. The molecule has 0 aliphatic rings. The third-order valence-electron chi connectivity index (χ3n) is 4.63. The van der Waals surface area contributed by atoms with Crippen LogP contribution in [0.4, 0.5) is 0 Å². The van der Waals surface area contributed by atoms with Gasteiger partial charge in [0, 0.05) is 30.1 Å². The van der Waals surface area contributed by atoms with E-state index < -0.39 is 0 Å². The maximum absolute atomic E-state index is 12.5. The third kappa shape index (κ3) is 3.91. The van der Waals surface area contributed by atoms with Gasteiger partial charge in [0.15, 0.2) is 5.82 Å². The van der Waals surface area contributed by atoms with Crippen molar-refractivity contribution in [1.82, 2.24) is 24.9 Å². The Morgan fingerprint density at radius 1 is 1.04 bits per heavy atom. The Balaban J connectivity index is 1.39. The number of rotatable bonds is 6. The number of carbonyl (C=O) groups excluding carboxylic acids is 1. The molecule has 4 rings (SSSR count). The average Bonchev–Trinajstić information content (AvgIpc) is 3.17. The molecular weight excluding hydrogens is 350 g/mol. The van der Waals surface area contributed by atoms with Crippen molar-refractivity contribution in [2.75, 3.05) is 6.54 Å². The molecule has 1 unspecified atom stereocenters. The molecule has 6 nitrogen and oxygen atoms in total. The third-order valence-corrected chi connectivity index (χ3v) is 4.63. The summed E-state index contributed by atoms with van der Waals surface area (Å²) in [5, 5.41) is 11.3. The lowest BCUT2D eigenvalue weighted by atomic mass is 10.0. The molecule has 2 aromatic heterocycles. The maximum Gasteiger partial charge on any atom is 0.255 e. The van der Waals surface area contributed by atoms with E-state index in [0.717, 1.165) is 12.0 Å². The number of fused-ring (bicyclic) bond motifs is 1. The van der Waals surface area contributed by atoms with Gasteiger partial charge in [-0.25, -0.2) is 4.98 Å². The van der Waals surface area contributed by atoms with Crippen LogP contribution in [0.15, 0.2) is 73.1 Å². The monoisotopic (exact) mass is 371 g/mol. The zero-order chi connectivity index (χ0) is 19.3. The Hall–Kier alpha value is -3.54. The summed E-state index contributed by atoms with van der Waals surface area (Å²) in [5.74, 6) is 1.54. The SMILES string of the molecule is CC(CNC(=O)c1ccc(-c2nnc3ncccn23)cc1)Cc1ccccc1. The summed E-state index contributed by atoms with van der Waals surface area (Å²) in [5.41, 5.74) is 2.79. The fraction of sp³-hybridized carbons (Fsp3) is 0.182. The fourth-order valence-corrected chi connectivity index (χ4v) is 3.17. The van der Waals surface area contributed by atoms with Crippen molar-refractivity contribution >= 4 is 11.7 Å². The standard InChI is InChI=1S/C22H21N5O/c1-16(14-17-6-3-2-4-7-17)15-24-21(28)19-10-8-18(9-11-19)20-25-26-22-23-12-5-13-27(20)22/h2-13,16H,14-15H2,1H3,(H,24,28). The molecule has 2 aromatic carbocycles. The first-order valence-electron chi connectivity index (χ1n) is 9.29. The van der Waals surface area contributed by atoms with Crippen LogP contribution in [0.2, 0.25) is 0 Å². The van der Waals surface area contributed by atoms with E-state index in [-0.39, 0.29) is 5.91 Å². The Kier molecular flexibility index (Phi) is 5.10. The average molecular weight is 371 g/mol. The van der Waals surface area contributed by atoms with Gasteiger partial charge in [-0.05, 0) is 36.1 Å². The summed E-state index contributed by atoms with van der Waals surface area (Å²) in [7, 11) is 0. The van der Waals surface area contributed by atoms with E-state index in [1.54, 1.807) is 6.20 Å². The zero-order valence-electron chi connectivity index (χ0n) is 15.6. The second-order valence-electron chi connectivity index (χ2n) is 6.90. The highest BCUT2D eigenvalue weighted by atomic mass is 16.1. The molecule has 4 aromatic rings. The van der Waals surface area contributed by atoms with Crippen molar-refractivity contribution in [2.45, 2.75) is 13.3 Å². The van der Waals surface area contributed by atoms with Crippen LogP contribution in [-0.2, 0) is 6.42 Å². The van der Waals surface area contributed by atoms with Gasteiger partial charge in [0.2, 0.25) is 0 Å². The molecule has 6 heteroatoms. The van der Waals surface area contributed by atoms with Gasteiger partial charge in [-0.3, -0.25) is 9.20 Å². The highest BCUT2D eigenvalue weighted by molar-refractivity contribution is 5.94. The van der Waals surface area contributed by atoms with Crippen LogP contribution in [0.5, 0.6) is 0 Å². The van der Waals surface area contributed by atoms with Crippen molar-refractivity contribution in [3.8, 4) is 11.4 Å². The van der Waals surface area contributed by atoms with Crippen LogP contribution >= 0.6 is 0 Å². The number of hydrogen-bond donors (Lipinski definition) is 1. The molecule has 1 amide bonds. The van der Waals surface area contributed by atoms with E-state index >= 15 is 0 Å². The van der Waals surface area contributed by atoms with E-state index in [1.807, 2.05) is 59.1 Å². The number of nitrogens with zero attached hydrogens (tertiary/aromatic N) is 4. The Morgan fingerprint density at radius 3 is 2.61 bits per heavy atom. The van der Waals surface area contributed by atoms with Crippen molar-refractivity contribution in [2.24, 2.45) is 5.92 Å². The minimum absolute atomic E-state index is 0.0702. The molecule has 0 spiro atoms. The molecule has 2 heterocycles. The molecule has 0 saturated heterocycles. The van der Waals surface area contributed by atoms with E-state index in [4.69, 9.17) is 0 Å². The van der Waals surface area contributed by atoms with Crippen molar-refractivity contribution in [1.29, 1.82) is 0 Å². The summed E-state index contributed by atoms with van der Waals surface area (Å²) in [4.78, 5) is 16.6. The number of amides is 1. The van der Waals surface area contributed by atoms with Gasteiger partial charge in [-0.15, -0.1) is 10.2 Å². The second-order valence-corrected chi connectivity index (χ2v) is 6.90. The Labute approximate surface area is 163 Å². The highest BCUT2D eigenvalue weighted by Crippen LogP contribution is 2.18. The minimum Gasteiger partial charge on any atom is -0.352 e. The first kappa shape index (κ1) is 17.9. The van der Waals surface area contributed by atoms with Gasteiger partial charge in [-0.1, -0.05) is 49.4 Å². The van der Waals surface area contributed by atoms with Crippen molar-refractivity contribution in [3.63, 3.8) is 0 Å². The number of nitrogens with one attached hydrogen (secondary N) is 1. The molecule has 1 atom stereocenters. The van der Waals surface area contributed by atoms with Gasteiger partial charge in [0.1, 0.15) is 0 Å². The molecule has 1 N–H and O–H groups in total. The predicted octanol–water partition coefficient (Wildman–Crippen LogP) is 3.40. The molecule has 0 fully saturated rings. The number of carbonyl (C=O) groups is 1. The van der Waals surface area contributed by atoms with Gasteiger partial charge in [0.25, 0.3) is 11.7 Å². The maximum atomic E-state index is 12.5. The predicted molar refractivity (Wildman–Crippen MR) is 108 cm³/mol. The molecule has 28 heavy (non-hydrogen) atoms. The fourth-order valence-electron chi connectivity index (χ4n) is 3.17. The normalized spacial score (nSPS) is 12.0. The minimum atomic E-state index is -0.0702. The lowest BCUT2D eigenvalue weighted by Gasteiger charge is -2.13. The molecule has 0 radical (unpaired) electrons. The summed E-state index contributed by atoms with van der Waals surface area (Å²) < 4.78 is 1.82. The quantitative estimate of drug-likeness (QED) is 0.564. The number of hydrogen-bond acceptors (Lipinski definition) is 4. The van der Waals surface area contributed by atoms with Gasteiger partial charge in [0.05, 0.1) is 0 Å². The molecule has 140 valence electrons. The van der Waals surface area contributed by atoms with Crippen LogP contribution in [0.25, 0.3) is 17.2 Å². The first-order chi connectivity index (χ1) is 13.7. The van der Waals surface area contributed by atoms with Crippen molar-refractivity contribution in [3.05, 3.63) is 84.2 Å². The first-order valence-corrected chi connectivity index (χ1v) is 9.29. The smallest absolute Gasteiger partial charge is 0.255 e. The molecule has 0 aliphatic carbocycles. The van der Waals surface area contributed by atoms with Gasteiger partial charge < -0.3 is 5.32 Å². The van der Waals surface area contributed by atoms with Crippen LogP contribution in [-0.4, -0.2) is 32.0 Å². The van der Waals surface area contributed by atoms with Crippen molar-refractivity contribution < 1.29 is 4.79 Å². The zero-order valence-corrected chi connectivity index (χ0v) is 15.6. The van der Waals surface area contributed by atoms with Crippen LogP contribution in [0, 0.1) is 5.92 Å². The van der Waals surface area contributed by atoms with Gasteiger partial charge >= 0.3 is 0 Å². The van der Waals surface area contributed by atoms with E-state index in [9.17, 15) is 4.79 Å². The van der Waals surface area contributed by atoms with E-state index in [0.29, 0.717) is 29.6 Å². The number of aromatic nitrogens is 4. The van der Waals surface area contributed by atoms with Gasteiger partial charge in [-0.2, -0.15) is 0 Å². The van der Waals surface area contributed by atoms with Crippen LogP contribution in [0.1, 0.15) is 22.8 Å². The van der Waals surface area contributed by atoms with Crippen LogP contribution < -0.4 is 5.32 Å². The summed E-state index contributed by atoms with van der Waals surface area (Å²) >= 11 is 0. The molecule has 0 aliphatic heterocycles. The molecule has 0 saturated carbocycles. The van der Waals surface area contributed by atoms with Crippen LogP contribution in [0.3, 0.4) is 0 Å². The van der Waals surface area contributed by atoms with E-state index in [2.05, 4.69) is 39.6 Å². The second kappa shape index (κ2) is 8.00.